The SMILES string of the molecule is CCc1nc2cc(C(=O)O)c(Cl)cc2[nH]1. The Morgan fingerprint density at radius 2 is 2.33 bits per heavy atom. The van der Waals surface area contributed by atoms with Crippen molar-refractivity contribution in [2.45, 2.75) is 13.3 Å². The van der Waals surface area contributed by atoms with Crippen molar-refractivity contribution in [1.29, 1.82) is 0 Å². The average molecular weight is 225 g/mol. The molecule has 15 heavy (non-hydrogen) atoms. The monoisotopic (exact) mass is 224 g/mol. The summed E-state index contributed by atoms with van der Waals surface area (Å²) in [5.41, 5.74) is 1.48. The van der Waals surface area contributed by atoms with Crippen molar-refractivity contribution in [2.75, 3.05) is 0 Å². The molecule has 78 valence electrons. The molecule has 1 heterocycles. The third-order valence-corrected chi connectivity index (χ3v) is 2.50. The lowest BCUT2D eigenvalue weighted by molar-refractivity contribution is 0.0697. The first-order chi connectivity index (χ1) is 7.11. The molecule has 2 rings (SSSR count). The maximum Gasteiger partial charge on any atom is 0.337 e. The number of aromatic nitrogens is 2. The summed E-state index contributed by atoms with van der Waals surface area (Å²) >= 11 is 5.82. The number of nitrogens with zero attached hydrogens (tertiary/aromatic N) is 1. The van der Waals surface area contributed by atoms with Crippen LogP contribution in [0.25, 0.3) is 11.0 Å². The van der Waals surface area contributed by atoms with Crippen LogP contribution in [-0.2, 0) is 6.42 Å². The van der Waals surface area contributed by atoms with Gasteiger partial charge in [0, 0.05) is 6.42 Å². The van der Waals surface area contributed by atoms with Crippen molar-refractivity contribution in [3.05, 3.63) is 28.5 Å². The fourth-order valence-corrected chi connectivity index (χ4v) is 1.66. The summed E-state index contributed by atoms with van der Waals surface area (Å²) < 4.78 is 0. The molecule has 2 aromatic rings. The maximum atomic E-state index is 10.8. The molecule has 4 nitrogen and oxygen atoms in total. The van der Waals surface area contributed by atoms with Gasteiger partial charge in [-0.3, -0.25) is 0 Å². The number of benzene rings is 1. The third-order valence-electron chi connectivity index (χ3n) is 2.19. The molecule has 0 aliphatic rings. The van der Waals surface area contributed by atoms with Crippen molar-refractivity contribution < 1.29 is 9.90 Å². The van der Waals surface area contributed by atoms with Crippen LogP contribution in [0.1, 0.15) is 23.1 Å². The van der Waals surface area contributed by atoms with Crippen LogP contribution >= 0.6 is 11.6 Å². The second-order valence-electron chi connectivity index (χ2n) is 3.19. The van der Waals surface area contributed by atoms with Crippen LogP contribution in [0.4, 0.5) is 0 Å². The number of nitrogens with one attached hydrogen (secondary N) is 1. The van der Waals surface area contributed by atoms with Crippen LogP contribution in [0.5, 0.6) is 0 Å². The number of hydrogen-bond acceptors (Lipinski definition) is 2. The molecule has 0 amide bonds. The van der Waals surface area contributed by atoms with E-state index in [0.29, 0.717) is 5.52 Å². The summed E-state index contributed by atoms with van der Waals surface area (Å²) in [6.07, 6.45) is 0.773. The van der Waals surface area contributed by atoms with E-state index in [1.807, 2.05) is 6.92 Å². The van der Waals surface area contributed by atoms with E-state index in [-0.39, 0.29) is 10.6 Å². The number of halogens is 1. The predicted molar refractivity (Wildman–Crippen MR) is 57.4 cm³/mol. The largest absolute Gasteiger partial charge is 0.478 e. The summed E-state index contributed by atoms with van der Waals surface area (Å²) in [6, 6.07) is 3.07. The highest BCUT2D eigenvalue weighted by atomic mass is 35.5. The summed E-state index contributed by atoms with van der Waals surface area (Å²) in [5.74, 6) is -0.216. The molecule has 0 saturated carbocycles. The third kappa shape index (κ3) is 1.68. The fourth-order valence-electron chi connectivity index (χ4n) is 1.41. The Bertz CT molecular complexity index is 533. The number of carboxylic acid groups (broad SMARTS) is 1. The molecule has 0 radical (unpaired) electrons. The molecule has 0 unspecified atom stereocenters. The molecule has 1 aromatic heterocycles. The van der Waals surface area contributed by atoms with E-state index in [1.165, 1.54) is 6.07 Å². The zero-order valence-corrected chi connectivity index (χ0v) is 8.80. The molecule has 0 aliphatic carbocycles. The standard InChI is InChI=1S/C10H9ClN2O2/c1-2-9-12-7-3-5(10(14)15)6(11)4-8(7)13-9/h3-4H,2H2,1H3,(H,12,13)(H,14,15). The molecule has 0 aliphatic heterocycles. The topological polar surface area (TPSA) is 66.0 Å². The number of carbonyl (C=O) groups is 1. The van der Waals surface area contributed by atoms with Crippen molar-refractivity contribution in [3.8, 4) is 0 Å². The van der Waals surface area contributed by atoms with Crippen molar-refractivity contribution >= 4 is 28.6 Å². The zero-order valence-electron chi connectivity index (χ0n) is 8.04. The molecule has 1 aromatic carbocycles. The van der Waals surface area contributed by atoms with Crippen LogP contribution in [-0.4, -0.2) is 21.0 Å². The van der Waals surface area contributed by atoms with Gasteiger partial charge in [0.1, 0.15) is 5.82 Å². The molecular weight excluding hydrogens is 216 g/mol. The minimum absolute atomic E-state index is 0.0818. The minimum atomic E-state index is -1.04. The Labute approximate surface area is 90.9 Å². The molecule has 0 atom stereocenters. The Hall–Kier alpha value is -1.55. The maximum absolute atomic E-state index is 10.8. The highest BCUT2D eigenvalue weighted by Crippen LogP contribution is 2.22. The van der Waals surface area contributed by atoms with Crippen molar-refractivity contribution in [2.24, 2.45) is 0 Å². The smallest absolute Gasteiger partial charge is 0.337 e. The van der Waals surface area contributed by atoms with Crippen LogP contribution in [0.3, 0.4) is 0 Å². The quantitative estimate of drug-likeness (QED) is 0.824. The van der Waals surface area contributed by atoms with Crippen LogP contribution in [0.15, 0.2) is 12.1 Å². The van der Waals surface area contributed by atoms with Gasteiger partial charge in [-0.15, -0.1) is 0 Å². The minimum Gasteiger partial charge on any atom is -0.478 e. The first-order valence-corrected chi connectivity index (χ1v) is 4.91. The van der Waals surface area contributed by atoms with Crippen LogP contribution in [0.2, 0.25) is 5.02 Å². The lowest BCUT2D eigenvalue weighted by atomic mass is 10.2. The van der Waals surface area contributed by atoms with Gasteiger partial charge in [0.2, 0.25) is 0 Å². The lowest BCUT2D eigenvalue weighted by Crippen LogP contribution is -1.96. The summed E-state index contributed by atoms with van der Waals surface area (Å²) in [7, 11) is 0. The number of aryl methyl sites for hydroxylation is 1. The van der Waals surface area contributed by atoms with Crippen molar-refractivity contribution in [1.82, 2.24) is 9.97 Å². The first kappa shape index (κ1) is 9.98. The van der Waals surface area contributed by atoms with E-state index < -0.39 is 5.97 Å². The molecule has 0 spiro atoms. The van der Waals surface area contributed by atoms with E-state index in [2.05, 4.69) is 9.97 Å². The molecule has 0 saturated heterocycles. The highest BCUT2D eigenvalue weighted by Gasteiger charge is 2.12. The molecule has 5 heteroatoms. The Balaban J connectivity index is 2.68. The predicted octanol–water partition coefficient (Wildman–Crippen LogP) is 2.48. The van der Waals surface area contributed by atoms with E-state index in [0.717, 1.165) is 17.8 Å². The molecule has 0 fully saturated rings. The summed E-state index contributed by atoms with van der Waals surface area (Å²) in [6.45, 7) is 1.97. The number of hydrogen-bond donors (Lipinski definition) is 2. The molecule has 0 bridgehead atoms. The molecule has 2 N–H and O–H groups in total. The van der Waals surface area contributed by atoms with Gasteiger partial charge in [-0.2, -0.15) is 0 Å². The number of rotatable bonds is 2. The van der Waals surface area contributed by atoms with Gasteiger partial charge in [-0.05, 0) is 12.1 Å². The number of imidazole rings is 1. The highest BCUT2D eigenvalue weighted by molar-refractivity contribution is 6.34. The van der Waals surface area contributed by atoms with Gasteiger partial charge in [0.05, 0.1) is 21.6 Å². The van der Waals surface area contributed by atoms with E-state index in [4.69, 9.17) is 16.7 Å². The van der Waals surface area contributed by atoms with Crippen LogP contribution in [0, 0.1) is 0 Å². The van der Waals surface area contributed by atoms with Gasteiger partial charge in [0.15, 0.2) is 0 Å². The number of aromatic amines is 1. The second-order valence-corrected chi connectivity index (χ2v) is 3.60. The number of fused-ring (bicyclic) bond motifs is 1. The number of aromatic carboxylic acids is 1. The zero-order chi connectivity index (χ0) is 11.0. The van der Waals surface area contributed by atoms with E-state index in [1.54, 1.807) is 6.07 Å². The van der Waals surface area contributed by atoms with E-state index in [9.17, 15) is 4.79 Å². The van der Waals surface area contributed by atoms with Crippen LogP contribution < -0.4 is 0 Å². The Morgan fingerprint density at radius 1 is 1.60 bits per heavy atom. The van der Waals surface area contributed by atoms with Crippen molar-refractivity contribution in [3.63, 3.8) is 0 Å². The summed E-state index contributed by atoms with van der Waals surface area (Å²) in [4.78, 5) is 18.1. The average Bonchev–Trinajstić information content (AvgIpc) is 2.58. The van der Waals surface area contributed by atoms with Gasteiger partial charge in [-0.1, -0.05) is 18.5 Å². The number of carboxylic acids is 1. The second kappa shape index (κ2) is 3.55. The fraction of sp³-hybridized carbons (Fsp3) is 0.200. The lowest BCUT2D eigenvalue weighted by Gasteiger charge is -1.97. The van der Waals surface area contributed by atoms with Gasteiger partial charge < -0.3 is 10.1 Å². The van der Waals surface area contributed by atoms with E-state index >= 15 is 0 Å². The summed E-state index contributed by atoms with van der Waals surface area (Å²) in [5, 5.41) is 9.09. The van der Waals surface area contributed by atoms with Gasteiger partial charge >= 0.3 is 5.97 Å². The molecular formula is C10H9ClN2O2. The number of H-pyrrole nitrogens is 1. The normalized spacial score (nSPS) is 10.8. The van der Waals surface area contributed by atoms with Gasteiger partial charge in [-0.25, -0.2) is 9.78 Å². The Kier molecular flexibility index (Phi) is 2.36. The Morgan fingerprint density at radius 3 is 2.93 bits per heavy atom. The first-order valence-electron chi connectivity index (χ1n) is 4.53. The van der Waals surface area contributed by atoms with Gasteiger partial charge in [0.25, 0.3) is 0 Å².